The Hall–Kier alpha value is -3.00. The third kappa shape index (κ3) is 5.19. The highest BCUT2D eigenvalue weighted by atomic mass is 32.2. The van der Waals surface area contributed by atoms with Gasteiger partial charge in [0.15, 0.2) is 11.8 Å². The smallest absolute Gasteiger partial charge is 0.416 e. The number of carbonyl (C=O) groups excluding carboxylic acids is 1. The molecular formula is C23H19F3N2O2S. The highest BCUT2D eigenvalue weighted by Crippen LogP contribution is 2.30. The van der Waals surface area contributed by atoms with E-state index in [1.807, 2.05) is 42.5 Å². The molecule has 8 heteroatoms. The lowest BCUT2D eigenvalue weighted by molar-refractivity contribution is -0.137. The van der Waals surface area contributed by atoms with E-state index >= 15 is 0 Å². The predicted octanol–water partition coefficient (Wildman–Crippen LogP) is 5.37. The first-order chi connectivity index (χ1) is 14.9. The SMILES string of the molecule is O=C(COc1ccc2ccccc2c1)N1CCN=C1SCc1ccc(C(F)(F)F)cc1. The largest absolute Gasteiger partial charge is 0.484 e. The quantitative estimate of drug-likeness (QED) is 0.531. The van der Waals surface area contributed by atoms with Gasteiger partial charge in [-0.1, -0.05) is 54.2 Å². The molecule has 1 aliphatic heterocycles. The Morgan fingerprint density at radius 3 is 2.52 bits per heavy atom. The Balaban J connectivity index is 1.32. The molecule has 160 valence electrons. The summed E-state index contributed by atoms with van der Waals surface area (Å²) in [4.78, 5) is 18.6. The monoisotopic (exact) mass is 444 g/mol. The standard InChI is InChI=1S/C23H19F3N2O2S/c24-23(25,26)19-8-5-16(6-9-19)15-31-22-27-11-12-28(22)21(29)14-30-20-10-7-17-3-1-2-4-18(17)13-20/h1-10,13H,11-12,14-15H2. The van der Waals surface area contributed by atoms with Crippen molar-refractivity contribution in [3.8, 4) is 5.75 Å². The van der Waals surface area contributed by atoms with E-state index in [2.05, 4.69) is 4.99 Å². The summed E-state index contributed by atoms with van der Waals surface area (Å²) in [7, 11) is 0. The zero-order valence-corrected chi connectivity index (χ0v) is 17.2. The zero-order chi connectivity index (χ0) is 21.8. The number of hydrogen-bond donors (Lipinski definition) is 0. The molecule has 3 aromatic carbocycles. The molecule has 31 heavy (non-hydrogen) atoms. The highest BCUT2D eigenvalue weighted by molar-refractivity contribution is 8.13. The fraction of sp³-hybridized carbons (Fsp3) is 0.217. The molecule has 0 saturated heterocycles. The Labute approximate surface area is 181 Å². The number of benzene rings is 3. The minimum absolute atomic E-state index is 0.113. The first kappa shape index (κ1) is 21.2. The minimum Gasteiger partial charge on any atom is -0.484 e. The molecule has 4 nitrogen and oxygen atoms in total. The van der Waals surface area contributed by atoms with Gasteiger partial charge < -0.3 is 4.74 Å². The molecule has 0 fully saturated rings. The summed E-state index contributed by atoms with van der Waals surface area (Å²) in [5.74, 6) is 0.832. The van der Waals surface area contributed by atoms with Gasteiger partial charge in [-0.15, -0.1) is 0 Å². The molecule has 0 spiro atoms. The maximum Gasteiger partial charge on any atom is 0.416 e. The van der Waals surface area contributed by atoms with E-state index in [0.29, 0.717) is 29.8 Å². The molecule has 1 aliphatic rings. The van der Waals surface area contributed by atoms with Gasteiger partial charge in [0.25, 0.3) is 5.91 Å². The average molecular weight is 444 g/mol. The van der Waals surface area contributed by atoms with E-state index < -0.39 is 11.7 Å². The fourth-order valence-electron chi connectivity index (χ4n) is 3.20. The Morgan fingerprint density at radius 2 is 1.77 bits per heavy atom. The number of halogens is 3. The van der Waals surface area contributed by atoms with Gasteiger partial charge in [0.2, 0.25) is 0 Å². The Kier molecular flexibility index (Phi) is 6.18. The Morgan fingerprint density at radius 1 is 1.03 bits per heavy atom. The van der Waals surface area contributed by atoms with E-state index in [9.17, 15) is 18.0 Å². The third-order valence-corrected chi connectivity index (χ3v) is 5.92. The van der Waals surface area contributed by atoms with Crippen LogP contribution < -0.4 is 4.74 Å². The molecule has 0 bridgehead atoms. The first-order valence-electron chi connectivity index (χ1n) is 9.65. The van der Waals surface area contributed by atoms with Crippen molar-refractivity contribution in [3.63, 3.8) is 0 Å². The summed E-state index contributed by atoms with van der Waals surface area (Å²) in [6.07, 6.45) is -4.35. The highest BCUT2D eigenvalue weighted by Gasteiger charge is 2.30. The van der Waals surface area contributed by atoms with Crippen molar-refractivity contribution in [2.75, 3.05) is 19.7 Å². The van der Waals surface area contributed by atoms with Crippen molar-refractivity contribution < 1.29 is 22.7 Å². The normalized spacial score (nSPS) is 14.0. The van der Waals surface area contributed by atoms with Crippen LogP contribution in [0.1, 0.15) is 11.1 Å². The molecule has 4 rings (SSSR count). The number of amidine groups is 1. The molecule has 0 N–H and O–H groups in total. The summed E-state index contributed by atoms with van der Waals surface area (Å²) >= 11 is 1.33. The van der Waals surface area contributed by atoms with Crippen molar-refractivity contribution >= 4 is 33.6 Å². The van der Waals surface area contributed by atoms with Crippen molar-refractivity contribution in [2.45, 2.75) is 11.9 Å². The lowest BCUT2D eigenvalue weighted by Gasteiger charge is -2.18. The summed E-state index contributed by atoms with van der Waals surface area (Å²) in [6.45, 7) is 0.852. The molecule has 0 saturated carbocycles. The summed E-state index contributed by atoms with van der Waals surface area (Å²) in [5, 5.41) is 2.68. The number of aliphatic imine (C=N–C) groups is 1. The number of hydrogen-bond acceptors (Lipinski definition) is 4. The van der Waals surface area contributed by atoms with E-state index in [-0.39, 0.29) is 12.5 Å². The Bertz CT molecular complexity index is 1110. The maximum atomic E-state index is 12.7. The fourth-order valence-corrected chi connectivity index (χ4v) is 4.22. The average Bonchev–Trinajstić information content (AvgIpc) is 3.24. The van der Waals surface area contributed by atoms with Gasteiger partial charge in [0.1, 0.15) is 5.75 Å². The summed E-state index contributed by atoms with van der Waals surface area (Å²) in [6, 6.07) is 18.6. The first-order valence-corrected chi connectivity index (χ1v) is 10.6. The van der Waals surface area contributed by atoms with Gasteiger partial charge in [-0.3, -0.25) is 14.7 Å². The van der Waals surface area contributed by atoms with Gasteiger partial charge in [0, 0.05) is 12.3 Å². The number of ether oxygens (including phenoxy) is 1. The topological polar surface area (TPSA) is 41.9 Å². The number of fused-ring (bicyclic) bond motifs is 1. The van der Waals surface area contributed by atoms with Crippen LogP contribution in [0.5, 0.6) is 5.75 Å². The van der Waals surface area contributed by atoms with Crippen LogP contribution in [0.4, 0.5) is 13.2 Å². The van der Waals surface area contributed by atoms with Crippen molar-refractivity contribution in [2.24, 2.45) is 4.99 Å². The van der Waals surface area contributed by atoms with Gasteiger partial charge in [0.05, 0.1) is 12.1 Å². The molecule has 0 radical (unpaired) electrons. The van der Waals surface area contributed by atoms with Crippen LogP contribution in [-0.2, 0) is 16.7 Å². The van der Waals surface area contributed by atoms with Crippen LogP contribution in [-0.4, -0.2) is 35.7 Å². The van der Waals surface area contributed by atoms with Gasteiger partial charge in [-0.05, 0) is 40.6 Å². The van der Waals surface area contributed by atoms with Gasteiger partial charge in [-0.25, -0.2) is 0 Å². The number of amides is 1. The van der Waals surface area contributed by atoms with Crippen molar-refractivity contribution in [1.29, 1.82) is 0 Å². The predicted molar refractivity (Wildman–Crippen MR) is 116 cm³/mol. The van der Waals surface area contributed by atoms with Gasteiger partial charge >= 0.3 is 6.18 Å². The zero-order valence-electron chi connectivity index (χ0n) is 16.4. The second kappa shape index (κ2) is 9.01. The number of alkyl halides is 3. The number of carbonyl (C=O) groups is 1. The van der Waals surface area contributed by atoms with Crippen LogP contribution >= 0.6 is 11.8 Å². The van der Waals surface area contributed by atoms with E-state index in [1.54, 1.807) is 4.90 Å². The summed E-state index contributed by atoms with van der Waals surface area (Å²) < 4.78 is 43.7. The van der Waals surface area contributed by atoms with Crippen LogP contribution in [0.3, 0.4) is 0 Å². The molecular weight excluding hydrogens is 425 g/mol. The van der Waals surface area contributed by atoms with Crippen LogP contribution in [0.2, 0.25) is 0 Å². The molecule has 0 atom stereocenters. The molecule has 0 unspecified atom stereocenters. The second-order valence-electron chi connectivity index (χ2n) is 6.99. The van der Waals surface area contributed by atoms with Crippen LogP contribution in [0.25, 0.3) is 10.8 Å². The van der Waals surface area contributed by atoms with Crippen LogP contribution in [0.15, 0.2) is 71.7 Å². The number of nitrogens with zero attached hydrogens (tertiary/aromatic N) is 2. The molecule has 1 amide bonds. The molecule has 0 aliphatic carbocycles. The second-order valence-corrected chi connectivity index (χ2v) is 7.93. The summed E-state index contributed by atoms with van der Waals surface area (Å²) in [5.41, 5.74) is 0.0505. The lowest BCUT2D eigenvalue weighted by Crippen LogP contribution is -2.36. The number of thioether (sulfide) groups is 1. The van der Waals surface area contributed by atoms with Crippen molar-refractivity contribution in [3.05, 3.63) is 77.9 Å². The van der Waals surface area contributed by atoms with Crippen molar-refractivity contribution in [1.82, 2.24) is 4.90 Å². The molecule has 0 aromatic heterocycles. The third-order valence-electron chi connectivity index (χ3n) is 4.84. The molecule has 3 aromatic rings. The molecule has 1 heterocycles. The van der Waals surface area contributed by atoms with E-state index in [4.69, 9.17) is 4.74 Å². The van der Waals surface area contributed by atoms with Gasteiger partial charge in [-0.2, -0.15) is 13.2 Å². The van der Waals surface area contributed by atoms with E-state index in [0.717, 1.165) is 28.5 Å². The maximum absolute atomic E-state index is 12.7. The minimum atomic E-state index is -4.35. The number of rotatable bonds is 5. The lowest BCUT2D eigenvalue weighted by atomic mass is 10.1. The van der Waals surface area contributed by atoms with E-state index in [1.165, 1.54) is 23.9 Å². The van der Waals surface area contributed by atoms with Crippen LogP contribution in [0, 0.1) is 0 Å².